The molecule has 138 valence electrons. The number of methoxy groups -OCH3 is 2. The van der Waals surface area contributed by atoms with E-state index in [-0.39, 0.29) is 0 Å². The summed E-state index contributed by atoms with van der Waals surface area (Å²) in [4.78, 5) is 9.40. The number of alkyl halides is 1. The first-order chi connectivity index (χ1) is 13.2. The van der Waals surface area contributed by atoms with E-state index in [0.717, 1.165) is 39.3 Å². The van der Waals surface area contributed by atoms with Gasteiger partial charge in [0.2, 0.25) is 5.95 Å². The van der Waals surface area contributed by atoms with E-state index in [0.29, 0.717) is 18.4 Å². The van der Waals surface area contributed by atoms with Gasteiger partial charge in [-0.2, -0.15) is 0 Å². The minimum Gasteiger partial charge on any atom is -0.497 e. The van der Waals surface area contributed by atoms with Crippen LogP contribution in [0.25, 0.3) is 16.6 Å². The van der Waals surface area contributed by atoms with Crippen molar-refractivity contribution in [2.75, 3.05) is 19.5 Å². The van der Waals surface area contributed by atoms with Crippen LogP contribution in [0, 0.1) is 0 Å². The molecule has 0 spiro atoms. The Morgan fingerprint density at radius 3 is 2.70 bits per heavy atom. The van der Waals surface area contributed by atoms with E-state index in [4.69, 9.17) is 26.1 Å². The van der Waals surface area contributed by atoms with Crippen LogP contribution in [0.4, 0.5) is 5.95 Å². The molecule has 0 unspecified atom stereocenters. The molecule has 0 saturated heterocycles. The van der Waals surface area contributed by atoms with Gasteiger partial charge in [0.25, 0.3) is 0 Å². The third-order valence-corrected chi connectivity index (χ3v) is 4.70. The maximum atomic E-state index is 6.00. The number of para-hydroxylation sites is 1. The molecule has 6 nitrogen and oxygen atoms in total. The van der Waals surface area contributed by atoms with Crippen LogP contribution >= 0.6 is 11.6 Å². The number of nitrogens with zero attached hydrogens (tertiary/aromatic N) is 3. The summed E-state index contributed by atoms with van der Waals surface area (Å²) in [6, 6.07) is 13.7. The zero-order valence-electron chi connectivity index (χ0n) is 15.1. The van der Waals surface area contributed by atoms with Crippen molar-refractivity contribution in [3.8, 4) is 11.5 Å². The van der Waals surface area contributed by atoms with E-state index in [1.807, 2.05) is 53.1 Å². The molecule has 4 rings (SSSR count). The number of benzene rings is 2. The second kappa shape index (κ2) is 7.32. The summed E-state index contributed by atoms with van der Waals surface area (Å²) >= 11 is 6.00. The largest absolute Gasteiger partial charge is 0.497 e. The van der Waals surface area contributed by atoms with Crippen molar-refractivity contribution in [1.82, 2.24) is 14.4 Å². The number of hydrogen-bond acceptors (Lipinski definition) is 5. The maximum absolute atomic E-state index is 6.00. The van der Waals surface area contributed by atoms with Crippen LogP contribution in [0.15, 0.2) is 48.7 Å². The molecule has 0 radical (unpaired) electrons. The third kappa shape index (κ3) is 3.24. The maximum Gasteiger partial charge on any atom is 0.209 e. The molecule has 2 aromatic carbocycles. The molecular weight excluding hydrogens is 364 g/mol. The van der Waals surface area contributed by atoms with Gasteiger partial charge in [-0.15, -0.1) is 11.6 Å². The second-order valence-electron chi connectivity index (χ2n) is 6.04. The number of aromatic nitrogens is 3. The number of hydrogen-bond donors (Lipinski definition) is 1. The Kier molecular flexibility index (Phi) is 4.73. The Hall–Kier alpha value is -2.99. The molecule has 0 atom stereocenters. The number of imidazole rings is 1. The van der Waals surface area contributed by atoms with E-state index in [2.05, 4.69) is 10.3 Å². The van der Waals surface area contributed by atoms with Gasteiger partial charge in [0.1, 0.15) is 17.1 Å². The van der Waals surface area contributed by atoms with Gasteiger partial charge >= 0.3 is 0 Å². The number of anilines is 1. The number of fused-ring (bicyclic) bond motifs is 3. The second-order valence-corrected chi connectivity index (χ2v) is 6.31. The van der Waals surface area contributed by atoms with Gasteiger partial charge in [0.05, 0.1) is 31.3 Å². The molecule has 2 aromatic heterocycles. The van der Waals surface area contributed by atoms with E-state index < -0.39 is 0 Å². The lowest BCUT2D eigenvalue weighted by atomic mass is 10.2. The molecule has 0 aliphatic rings. The smallest absolute Gasteiger partial charge is 0.209 e. The Labute approximate surface area is 161 Å². The van der Waals surface area contributed by atoms with Gasteiger partial charge in [-0.1, -0.05) is 12.1 Å². The van der Waals surface area contributed by atoms with Crippen molar-refractivity contribution in [3.05, 3.63) is 59.9 Å². The van der Waals surface area contributed by atoms with Crippen LogP contribution in [0.2, 0.25) is 0 Å². The standard InChI is InChI=1S/C20H19ClN4O2/c1-26-15-8-7-13(18(9-15)27-2)11-22-20-24-17-6-4-3-5-16(17)19-23-14(10-21)12-25(19)20/h3-9,12H,10-11H2,1-2H3,(H,22,24). The molecule has 0 fully saturated rings. The molecule has 0 saturated carbocycles. The molecule has 2 heterocycles. The summed E-state index contributed by atoms with van der Waals surface area (Å²) in [5, 5.41) is 4.38. The summed E-state index contributed by atoms with van der Waals surface area (Å²) in [7, 11) is 3.28. The molecule has 1 N–H and O–H groups in total. The Morgan fingerprint density at radius 2 is 1.93 bits per heavy atom. The van der Waals surface area contributed by atoms with Crippen LogP contribution in [-0.2, 0) is 12.4 Å². The summed E-state index contributed by atoms with van der Waals surface area (Å²) in [6.07, 6.45) is 1.91. The van der Waals surface area contributed by atoms with Crippen molar-refractivity contribution in [3.63, 3.8) is 0 Å². The van der Waals surface area contributed by atoms with E-state index in [1.54, 1.807) is 14.2 Å². The molecule has 0 aliphatic heterocycles. The van der Waals surface area contributed by atoms with Crippen molar-refractivity contribution in [2.45, 2.75) is 12.4 Å². The van der Waals surface area contributed by atoms with E-state index in [1.165, 1.54) is 0 Å². The van der Waals surface area contributed by atoms with E-state index >= 15 is 0 Å². The lowest BCUT2D eigenvalue weighted by Crippen LogP contribution is -2.08. The zero-order valence-corrected chi connectivity index (χ0v) is 15.8. The van der Waals surface area contributed by atoms with Crippen molar-refractivity contribution in [1.29, 1.82) is 0 Å². The first-order valence-electron chi connectivity index (χ1n) is 8.51. The lowest BCUT2D eigenvalue weighted by Gasteiger charge is -2.13. The van der Waals surface area contributed by atoms with Crippen LogP contribution in [0.1, 0.15) is 11.3 Å². The Bertz CT molecular complexity index is 1110. The van der Waals surface area contributed by atoms with Crippen molar-refractivity contribution < 1.29 is 9.47 Å². The number of ether oxygens (including phenoxy) is 2. The topological polar surface area (TPSA) is 60.7 Å². The van der Waals surface area contributed by atoms with Crippen LogP contribution in [-0.4, -0.2) is 28.6 Å². The minimum atomic E-state index is 0.349. The monoisotopic (exact) mass is 382 g/mol. The Balaban J connectivity index is 1.74. The van der Waals surface area contributed by atoms with Gasteiger partial charge in [0, 0.05) is 29.8 Å². The third-order valence-electron chi connectivity index (χ3n) is 4.42. The average molecular weight is 383 g/mol. The number of halogens is 1. The normalized spacial score (nSPS) is 11.1. The summed E-state index contributed by atoms with van der Waals surface area (Å²) in [6.45, 7) is 0.544. The van der Waals surface area contributed by atoms with Gasteiger partial charge in [0.15, 0.2) is 0 Å². The molecule has 0 bridgehead atoms. The summed E-state index contributed by atoms with van der Waals surface area (Å²) < 4.78 is 12.7. The van der Waals surface area contributed by atoms with Crippen LogP contribution < -0.4 is 14.8 Å². The predicted octanol–water partition coefficient (Wildman–Crippen LogP) is 4.25. The van der Waals surface area contributed by atoms with Gasteiger partial charge in [-0.05, 0) is 24.3 Å². The molecule has 27 heavy (non-hydrogen) atoms. The highest BCUT2D eigenvalue weighted by Gasteiger charge is 2.12. The highest BCUT2D eigenvalue weighted by Crippen LogP contribution is 2.26. The van der Waals surface area contributed by atoms with Gasteiger partial charge in [-0.25, -0.2) is 9.97 Å². The number of rotatable bonds is 6. The summed E-state index contributed by atoms with van der Waals surface area (Å²) in [5.74, 6) is 2.56. The van der Waals surface area contributed by atoms with Crippen molar-refractivity contribution >= 4 is 34.1 Å². The molecule has 0 amide bonds. The zero-order chi connectivity index (χ0) is 18.8. The fraction of sp³-hybridized carbons (Fsp3) is 0.200. The molecule has 4 aromatic rings. The first kappa shape index (κ1) is 17.4. The highest BCUT2D eigenvalue weighted by atomic mass is 35.5. The quantitative estimate of drug-likeness (QED) is 0.505. The highest BCUT2D eigenvalue weighted by molar-refractivity contribution is 6.17. The van der Waals surface area contributed by atoms with Gasteiger partial charge < -0.3 is 14.8 Å². The SMILES string of the molecule is COc1ccc(CNc2nc3ccccc3c3nc(CCl)cn23)c(OC)c1. The van der Waals surface area contributed by atoms with Gasteiger partial charge in [-0.3, -0.25) is 4.40 Å². The number of nitrogens with one attached hydrogen (secondary N) is 1. The van der Waals surface area contributed by atoms with Crippen molar-refractivity contribution in [2.24, 2.45) is 0 Å². The predicted molar refractivity (Wildman–Crippen MR) is 107 cm³/mol. The lowest BCUT2D eigenvalue weighted by molar-refractivity contribution is 0.391. The molecule has 7 heteroatoms. The minimum absolute atomic E-state index is 0.349. The summed E-state index contributed by atoms with van der Waals surface area (Å²) in [5.41, 5.74) is 3.51. The Morgan fingerprint density at radius 1 is 1.07 bits per heavy atom. The first-order valence-corrected chi connectivity index (χ1v) is 9.04. The molecular formula is C20H19ClN4O2. The average Bonchev–Trinajstić information content (AvgIpc) is 3.17. The molecule has 0 aliphatic carbocycles. The van der Waals surface area contributed by atoms with Crippen LogP contribution in [0.3, 0.4) is 0 Å². The van der Waals surface area contributed by atoms with Crippen LogP contribution in [0.5, 0.6) is 11.5 Å². The fourth-order valence-corrected chi connectivity index (χ4v) is 3.20. The van der Waals surface area contributed by atoms with E-state index in [9.17, 15) is 0 Å². The fourth-order valence-electron chi connectivity index (χ4n) is 3.07.